The second-order valence-corrected chi connectivity index (χ2v) is 6.48. The molecule has 18 heavy (non-hydrogen) atoms. The summed E-state index contributed by atoms with van der Waals surface area (Å²) in [6.45, 7) is 3.22. The molecule has 7 heteroatoms. The van der Waals surface area contributed by atoms with Crippen LogP contribution in [0.3, 0.4) is 0 Å². The van der Waals surface area contributed by atoms with Gasteiger partial charge >= 0.3 is 0 Å². The molecule has 1 aromatic heterocycles. The number of aromatic nitrogens is 1. The third-order valence-electron chi connectivity index (χ3n) is 3.06. The largest absolute Gasteiger partial charge is 0.329 e. The normalized spacial score (nSPS) is 18.9. The predicted octanol–water partition coefficient (Wildman–Crippen LogP) is -0.548. The van der Waals surface area contributed by atoms with Gasteiger partial charge in [0, 0.05) is 45.0 Å². The molecule has 0 spiro atoms. The SMILES string of the molecule is CS(=O)(=O)N1CCN(Cc2ccc(=O)[nH]c2)CC1. The van der Waals surface area contributed by atoms with Crippen molar-refractivity contribution in [2.75, 3.05) is 32.4 Å². The summed E-state index contributed by atoms with van der Waals surface area (Å²) >= 11 is 0. The zero-order chi connectivity index (χ0) is 13.2. The standard InChI is InChI=1S/C11H17N3O3S/c1-18(16,17)14-6-4-13(5-7-14)9-10-2-3-11(15)12-8-10/h2-3,8H,4-7,9H2,1H3,(H,12,15). The van der Waals surface area contributed by atoms with Gasteiger partial charge in [-0.05, 0) is 5.56 Å². The fourth-order valence-electron chi connectivity index (χ4n) is 2.02. The Kier molecular flexibility index (Phi) is 3.84. The van der Waals surface area contributed by atoms with Crippen LogP contribution >= 0.6 is 0 Å². The van der Waals surface area contributed by atoms with Gasteiger partial charge in [-0.3, -0.25) is 9.69 Å². The lowest BCUT2D eigenvalue weighted by molar-refractivity contribution is 0.182. The van der Waals surface area contributed by atoms with Crippen molar-refractivity contribution in [2.45, 2.75) is 6.54 Å². The van der Waals surface area contributed by atoms with Crippen LogP contribution in [-0.4, -0.2) is 55.0 Å². The van der Waals surface area contributed by atoms with Gasteiger partial charge < -0.3 is 4.98 Å². The van der Waals surface area contributed by atoms with E-state index in [4.69, 9.17) is 0 Å². The molecule has 6 nitrogen and oxygen atoms in total. The average Bonchev–Trinajstić information content (AvgIpc) is 2.32. The van der Waals surface area contributed by atoms with E-state index in [0.717, 1.165) is 12.1 Å². The summed E-state index contributed by atoms with van der Waals surface area (Å²) in [6, 6.07) is 3.30. The number of rotatable bonds is 3. The molecule has 0 amide bonds. The zero-order valence-electron chi connectivity index (χ0n) is 10.3. The van der Waals surface area contributed by atoms with Crippen LogP contribution in [0.2, 0.25) is 0 Å². The maximum atomic E-state index is 11.4. The smallest absolute Gasteiger partial charge is 0.247 e. The fraction of sp³-hybridized carbons (Fsp3) is 0.545. The summed E-state index contributed by atoms with van der Waals surface area (Å²) in [4.78, 5) is 15.7. The molecule has 0 saturated carbocycles. The Labute approximate surface area is 106 Å². The van der Waals surface area contributed by atoms with Gasteiger partial charge in [0.05, 0.1) is 6.26 Å². The van der Waals surface area contributed by atoms with Gasteiger partial charge in [0.1, 0.15) is 0 Å². The summed E-state index contributed by atoms with van der Waals surface area (Å²) in [5.41, 5.74) is 0.919. The van der Waals surface area contributed by atoms with Gasteiger partial charge in [0.15, 0.2) is 0 Å². The molecule has 0 radical (unpaired) electrons. The molecular weight excluding hydrogens is 254 g/mol. The van der Waals surface area contributed by atoms with Crippen LogP contribution < -0.4 is 5.56 Å². The number of aromatic amines is 1. The predicted molar refractivity (Wildman–Crippen MR) is 68.8 cm³/mol. The Bertz CT molecular complexity index is 539. The number of sulfonamides is 1. The molecule has 0 aliphatic carbocycles. The molecule has 0 bridgehead atoms. The maximum Gasteiger partial charge on any atom is 0.247 e. The Morgan fingerprint density at radius 1 is 1.22 bits per heavy atom. The number of hydrogen-bond acceptors (Lipinski definition) is 4. The van der Waals surface area contributed by atoms with Gasteiger partial charge in [-0.15, -0.1) is 0 Å². The third-order valence-corrected chi connectivity index (χ3v) is 4.36. The minimum Gasteiger partial charge on any atom is -0.329 e. The van der Waals surface area contributed by atoms with Crippen molar-refractivity contribution in [3.63, 3.8) is 0 Å². The van der Waals surface area contributed by atoms with E-state index < -0.39 is 10.0 Å². The number of nitrogens with one attached hydrogen (secondary N) is 1. The first-order chi connectivity index (χ1) is 8.45. The topological polar surface area (TPSA) is 73.5 Å². The van der Waals surface area contributed by atoms with Gasteiger partial charge in [-0.25, -0.2) is 8.42 Å². The van der Waals surface area contributed by atoms with E-state index in [1.54, 1.807) is 12.3 Å². The molecule has 1 aromatic rings. The number of hydrogen-bond donors (Lipinski definition) is 1. The van der Waals surface area contributed by atoms with E-state index >= 15 is 0 Å². The quantitative estimate of drug-likeness (QED) is 0.801. The molecule has 0 atom stereocenters. The van der Waals surface area contributed by atoms with Crippen LogP contribution in [0.1, 0.15) is 5.56 Å². The highest BCUT2D eigenvalue weighted by Crippen LogP contribution is 2.09. The van der Waals surface area contributed by atoms with E-state index in [9.17, 15) is 13.2 Å². The average molecular weight is 271 g/mol. The molecule has 2 heterocycles. The summed E-state index contributed by atoms with van der Waals surface area (Å²) in [7, 11) is -3.07. The molecule has 2 rings (SSSR count). The molecule has 100 valence electrons. The first kappa shape index (κ1) is 13.3. The van der Waals surface area contributed by atoms with Crippen LogP contribution in [0, 0.1) is 0 Å². The minimum atomic E-state index is -3.07. The highest BCUT2D eigenvalue weighted by molar-refractivity contribution is 7.88. The first-order valence-electron chi connectivity index (χ1n) is 5.80. The molecule has 0 unspecified atom stereocenters. The second-order valence-electron chi connectivity index (χ2n) is 4.50. The van der Waals surface area contributed by atoms with Gasteiger partial charge in [0.25, 0.3) is 0 Å². The molecule has 1 fully saturated rings. The van der Waals surface area contributed by atoms with Crippen molar-refractivity contribution in [3.8, 4) is 0 Å². The summed E-state index contributed by atoms with van der Waals surface area (Å²) in [5, 5.41) is 0. The van der Waals surface area contributed by atoms with Crippen molar-refractivity contribution >= 4 is 10.0 Å². The lowest BCUT2D eigenvalue weighted by Gasteiger charge is -2.33. The molecule has 1 saturated heterocycles. The van der Waals surface area contributed by atoms with Crippen LogP contribution in [-0.2, 0) is 16.6 Å². The lowest BCUT2D eigenvalue weighted by atomic mass is 10.2. The van der Waals surface area contributed by atoms with E-state index in [2.05, 4.69) is 9.88 Å². The van der Waals surface area contributed by atoms with Crippen molar-refractivity contribution in [1.29, 1.82) is 0 Å². The number of H-pyrrole nitrogens is 1. The van der Waals surface area contributed by atoms with E-state index in [0.29, 0.717) is 26.2 Å². The van der Waals surface area contributed by atoms with Gasteiger partial charge in [-0.1, -0.05) is 6.07 Å². The second kappa shape index (κ2) is 5.21. The molecule has 1 N–H and O–H groups in total. The monoisotopic (exact) mass is 271 g/mol. The molecule has 1 aliphatic rings. The zero-order valence-corrected chi connectivity index (χ0v) is 11.1. The number of piperazine rings is 1. The third kappa shape index (κ3) is 3.41. The Hall–Kier alpha value is -1.18. The van der Waals surface area contributed by atoms with Crippen LogP contribution in [0.25, 0.3) is 0 Å². The maximum absolute atomic E-state index is 11.4. The Morgan fingerprint density at radius 2 is 1.89 bits per heavy atom. The van der Waals surface area contributed by atoms with Gasteiger partial charge in [0.2, 0.25) is 15.6 Å². The van der Waals surface area contributed by atoms with E-state index in [1.807, 2.05) is 0 Å². The van der Waals surface area contributed by atoms with Crippen LogP contribution in [0.4, 0.5) is 0 Å². The molecule has 1 aliphatic heterocycles. The fourth-order valence-corrected chi connectivity index (χ4v) is 2.85. The van der Waals surface area contributed by atoms with E-state index in [-0.39, 0.29) is 5.56 Å². The Morgan fingerprint density at radius 3 is 2.39 bits per heavy atom. The summed E-state index contributed by atoms with van der Waals surface area (Å²) in [6.07, 6.45) is 2.94. The highest BCUT2D eigenvalue weighted by Gasteiger charge is 2.23. The lowest BCUT2D eigenvalue weighted by Crippen LogP contribution is -2.47. The van der Waals surface area contributed by atoms with Crippen molar-refractivity contribution in [1.82, 2.24) is 14.2 Å². The summed E-state index contributed by atoms with van der Waals surface area (Å²) < 4.78 is 24.2. The first-order valence-corrected chi connectivity index (χ1v) is 7.65. The van der Waals surface area contributed by atoms with Crippen molar-refractivity contribution < 1.29 is 8.42 Å². The highest BCUT2D eigenvalue weighted by atomic mass is 32.2. The molecular formula is C11H17N3O3S. The minimum absolute atomic E-state index is 0.111. The Balaban J connectivity index is 1.91. The summed E-state index contributed by atoms with van der Waals surface area (Å²) in [5.74, 6) is 0. The van der Waals surface area contributed by atoms with Crippen molar-refractivity contribution in [3.05, 3.63) is 34.2 Å². The molecule has 0 aromatic carbocycles. The van der Waals surface area contributed by atoms with E-state index in [1.165, 1.54) is 16.6 Å². The number of nitrogens with zero attached hydrogens (tertiary/aromatic N) is 2. The van der Waals surface area contributed by atoms with Gasteiger partial charge in [-0.2, -0.15) is 4.31 Å². The van der Waals surface area contributed by atoms with Crippen molar-refractivity contribution in [2.24, 2.45) is 0 Å². The number of pyridine rings is 1. The van der Waals surface area contributed by atoms with Crippen LogP contribution in [0.5, 0.6) is 0 Å². The van der Waals surface area contributed by atoms with Crippen LogP contribution in [0.15, 0.2) is 23.1 Å².